The van der Waals surface area contributed by atoms with Gasteiger partial charge in [-0.3, -0.25) is 14.8 Å². The lowest BCUT2D eigenvalue weighted by Crippen LogP contribution is -2.47. The van der Waals surface area contributed by atoms with E-state index in [0.717, 1.165) is 45.3 Å². The Morgan fingerprint density at radius 1 is 1.25 bits per heavy atom. The quantitative estimate of drug-likeness (QED) is 0.449. The number of ether oxygens (including phenoxy) is 1. The number of hydrogen-bond donors (Lipinski definition) is 2. The van der Waals surface area contributed by atoms with E-state index in [0.29, 0.717) is 12.1 Å². The van der Waals surface area contributed by atoms with Crippen molar-refractivity contribution in [3.05, 3.63) is 35.9 Å². The second-order valence-corrected chi connectivity index (χ2v) is 7.31. The summed E-state index contributed by atoms with van der Waals surface area (Å²) >= 11 is 0. The molecular formula is C22H39N5O. The molecule has 1 fully saturated rings. The Balaban J connectivity index is 1.90. The molecule has 2 atom stereocenters. The number of nitrogens with one attached hydrogen (secondary N) is 2. The van der Waals surface area contributed by atoms with Crippen molar-refractivity contribution in [2.75, 3.05) is 60.0 Å². The van der Waals surface area contributed by atoms with Gasteiger partial charge in [-0.2, -0.15) is 0 Å². The lowest BCUT2D eigenvalue weighted by Gasteiger charge is -2.31. The first-order chi connectivity index (χ1) is 13.7. The zero-order valence-corrected chi connectivity index (χ0v) is 18.2. The van der Waals surface area contributed by atoms with Crippen molar-refractivity contribution in [3.8, 4) is 0 Å². The maximum absolute atomic E-state index is 5.25. The average Bonchev–Trinajstić information content (AvgIpc) is 3.19. The van der Waals surface area contributed by atoms with Crippen LogP contribution in [0.15, 0.2) is 35.3 Å². The molecule has 1 aliphatic rings. The molecule has 6 nitrogen and oxygen atoms in total. The van der Waals surface area contributed by atoms with E-state index in [1.165, 1.54) is 24.9 Å². The van der Waals surface area contributed by atoms with Crippen LogP contribution in [0.4, 0.5) is 0 Å². The van der Waals surface area contributed by atoms with E-state index in [2.05, 4.69) is 69.6 Å². The van der Waals surface area contributed by atoms with Gasteiger partial charge in [0.1, 0.15) is 0 Å². The summed E-state index contributed by atoms with van der Waals surface area (Å²) in [4.78, 5) is 9.45. The minimum atomic E-state index is 0.333. The maximum Gasteiger partial charge on any atom is 0.191 e. The molecule has 0 saturated carbocycles. The number of guanidine groups is 1. The topological polar surface area (TPSA) is 52.1 Å². The molecule has 0 radical (unpaired) electrons. The fourth-order valence-corrected chi connectivity index (χ4v) is 4.06. The number of hydrogen-bond acceptors (Lipinski definition) is 4. The van der Waals surface area contributed by atoms with E-state index < -0.39 is 0 Å². The van der Waals surface area contributed by atoms with E-state index in [-0.39, 0.29) is 0 Å². The second kappa shape index (κ2) is 12.8. The highest BCUT2D eigenvalue weighted by molar-refractivity contribution is 5.79. The first-order valence-corrected chi connectivity index (χ1v) is 10.7. The molecule has 0 spiro atoms. The standard InChI is InChI=1S/C22H39N5O/c1-5-26(6-2)21(19-11-8-7-9-12-19)18-25-22(23-3)24-17-20-13-10-14-27(20)15-16-28-4/h7-9,11-12,20-21H,5-6,10,13-18H2,1-4H3,(H2,23,24,25). The largest absolute Gasteiger partial charge is 0.383 e. The van der Waals surface area contributed by atoms with Crippen LogP contribution in [0.2, 0.25) is 0 Å². The lowest BCUT2D eigenvalue weighted by molar-refractivity contribution is 0.141. The molecule has 2 N–H and O–H groups in total. The van der Waals surface area contributed by atoms with Crippen LogP contribution in [0.5, 0.6) is 0 Å². The summed E-state index contributed by atoms with van der Waals surface area (Å²) in [7, 11) is 3.62. The monoisotopic (exact) mass is 389 g/mol. The third kappa shape index (κ3) is 6.76. The number of likely N-dealkylation sites (tertiary alicyclic amines) is 1. The van der Waals surface area contributed by atoms with Gasteiger partial charge in [-0.05, 0) is 38.0 Å². The fourth-order valence-electron chi connectivity index (χ4n) is 4.06. The molecule has 1 heterocycles. The van der Waals surface area contributed by atoms with E-state index in [9.17, 15) is 0 Å². The number of nitrogens with zero attached hydrogens (tertiary/aromatic N) is 3. The molecule has 6 heteroatoms. The van der Waals surface area contributed by atoms with Gasteiger partial charge in [0.05, 0.1) is 12.6 Å². The Bertz CT molecular complexity index is 561. The number of benzene rings is 1. The Morgan fingerprint density at radius 2 is 2.00 bits per heavy atom. The first kappa shape index (κ1) is 22.7. The number of rotatable bonds is 11. The third-order valence-corrected chi connectivity index (χ3v) is 5.71. The van der Waals surface area contributed by atoms with Gasteiger partial charge in [-0.1, -0.05) is 44.2 Å². The Kier molecular flexibility index (Phi) is 10.3. The molecule has 2 unspecified atom stereocenters. The molecule has 0 aromatic heterocycles. The minimum Gasteiger partial charge on any atom is -0.383 e. The zero-order valence-electron chi connectivity index (χ0n) is 18.2. The molecule has 1 aliphatic heterocycles. The van der Waals surface area contributed by atoms with Crippen LogP contribution in [0.3, 0.4) is 0 Å². The smallest absolute Gasteiger partial charge is 0.191 e. The molecule has 0 amide bonds. The van der Waals surface area contributed by atoms with E-state index in [1.807, 2.05) is 7.05 Å². The lowest BCUT2D eigenvalue weighted by atomic mass is 10.1. The third-order valence-electron chi connectivity index (χ3n) is 5.71. The van der Waals surface area contributed by atoms with E-state index in [4.69, 9.17) is 4.74 Å². The fraction of sp³-hybridized carbons (Fsp3) is 0.682. The Morgan fingerprint density at radius 3 is 2.64 bits per heavy atom. The van der Waals surface area contributed by atoms with Gasteiger partial charge in [0.15, 0.2) is 5.96 Å². The summed E-state index contributed by atoms with van der Waals surface area (Å²) in [5.41, 5.74) is 1.34. The Hall–Kier alpha value is -1.63. The predicted molar refractivity (Wildman–Crippen MR) is 118 cm³/mol. The summed E-state index contributed by atoms with van der Waals surface area (Å²) in [5, 5.41) is 7.09. The highest BCUT2D eigenvalue weighted by Crippen LogP contribution is 2.19. The summed E-state index contributed by atoms with van der Waals surface area (Å²) in [6.07, 6.45) is 2.50. The molecule has 2 rings (SSSR count). The highest BCUT2D eigenvalue weighted by Gasteiger charge is 2.24. The maximum atomic E-state index is 5.25. The molecule has 158 valence electrons. The first-order valence-electron chi connectivity index (χ1n) is 10.7. The van der Waals surface area contributed by atoms with Crippen molar-refractivity contribution in [1.29, 1.82) is 0 Å². The summed E-state index contributed by atoms with van der Waals surface area (Å²) in [6.45, 7) is 11.2. The molecular weight excluding hydrogens is 350 g/mol. The molecule has 28 heavy (non-hydrogen) atoms. The molecule has 1 aromatic carbocycles. The Labute approximate surface area is 171 Å². The number of likely N-dealkylation sites (N-methyl/N-ethyl adjacent to an activating group) is 1. The van der Waals surface area contributed by atoms with Gasteiger partial charge < -0.3 is 15.4 Å². The van der Waals surface area contributed by atoms with Crippen molar-refractivity contribution in [1.82, 2.24) is 20.4 Å². The van der Waals surface area contributed by atoms with Crippen LogP contribution in [0.25, 0.3) is 0 Å². The summed E-state index contributed by atoms with van der Waals surface area (Å²) in [5.74, 6) is 0.881. The van der Waals surface area contributed by atoms with Crippen molar-refractivity contribution in [3.63, 3.8) is 0 Å². The molecule has 0 bridgehead atoms. The molecule has 1 saturated heterocycles. The van der Waals surface area contributed by atoms with Crippen LogP contribution >= 0.6 is 0 Å². The van der Waals surface area contributed by atoms with Crippen molar-refractivity contribution >= 4 is 5.96 Å². The van der Waals surface area contributed by atoms with Crippen LogP contribution in [0.1, 0.15) is 38.3 Å². The predicted octanol–water partition coefficient (Wildman–Crippen LogP) is 2.35. The van der Waals surface area contributed by atoms with Gasteiger partial charge in [0.25, 0.3) is 0 Å². The van der Waals surface area contributed by atoms with Gasteiger partial charge in [0, 0.05) is 39.8 Å². The highest BCUT2D eigenvalue weighted by atomic mass is 16.5. The van der Waals surface area contributed by atoms with Crippen LogP contribution in [-0.4, -0.2) is 81.8 Å². The zero-order chi connectivity index (χ0) is 20.2. The summed E-state index contributed by atoms with van der Waals surface area (Å²) < 4.78 is 5.25. The van der Waals surface area contributed by atoms with Crippen LogP contribution in [-0.2, 0) is 4.74 Å². The molecule has 0 aliphatic carbocycles. The summed E-state index contributed by atoms with van der Waals surface area (Å²) in [6, 6.07) is 11.6. The van der Waals surface area contributed by atoms with Gasteiger partial charge >= 0.3 is 0 Å². The van der Waals surface area contributed by atoms with Crippen LogP contribution in [0, 0.1) is 0 Å². The normalized spacial score (nSPS) is 19.2. The van der Waals surface area contributed by atoms with Gasteiger partial charge in [0.2, 0.25) is 0 Å². The van der Waals surface area contributed by atoms with Crippen LogP contribution < -0.4 is 10.6 Å². The van der Waals surface area contributed by atoms with E-state index in [1.54, 1.807) is 7.11 Å². The number of methoxy groups -OCH3 is 1. The van der Waals surface area contributed by atoms with Gasteiger partial charge in [-0.15, -0.1) is 0 Å². The van der Waals surface area contributed by atoms with Crippen molar-refractivity contribution < 1.29 is 4.74 Å². The SMILES string of the molecule is CCN(CC)C(CNC(=NC)NCC1CCCN1CCOC)c1ccccc1. The minimum absolute atomic E-state index is 0.333. The molecule has 1 aromatic rings. The van der Waals surface area contributed by atoms with Gasteiger partial charge in [-0.25, -0.2) is 0 Å². The van der Waals surface area contributed by atoms with E-state index >= 15 is 0 Å². The number of aliphatic imine (C=N–C) groups is 1. The van der Waals surface area contributed by atoms with Crippen molar-refractivity contribution in [2.45, 2.75) is 38.8 Å². The van der Waals surface area contributed by atoms with Crippen molar-refractivity contribution in [2.24, 2.45) is 4.99 Å². The second-order valence-electron chi connectivity index (χ2n) is 7.31. The average molecular weight is 390 g/mol.